The Balaban J connectivity index is 1.99. The van der Waals surface area contributed by atoms with Gasteiger partial charge < -0.3 is 19.0 Å². The number of esters is 1. The highest BCUT2D eigenvalue weighted by atomic mass is 32.2. The third-order valence-corrected chi connectivity index (χ3v) is 7.56. The zero-order valence-electron chi connectivity index (χ0n) is 21.7. The number of Topliss-reactive ketones (excluding diaryl/α,β-unsaturated/α-hetero) is 1. The van der Waals surface area contributed by atoms with Crippen LogP contribution < -0.4 is 9.04 Å². The third-order valence-electron chi connectivity index (χ3n) is 5.68. The monoisotopic (exact) mass is 521 g/mol. The smallest absolute Gasteiger partial charge is 0.310 e. The minimum absolute atomic E-state index is 0.00165. The number of methoxy groups -OCH3 is 1. The molecule has 1 atom stereocenters. The number of benzene rings is 1. The lowest BCUT2D eigenvalue weighted by Gasteiger charge is -2.35. The van der Waals surface area contributed by atoms with E-state index < -0.39 is 27.7 Å². The van der Waals surface area contributed by atoms with Crippen LogP contribution in [0.1, 0.15) is 51.8 Å². The van der Waals surface area contributed by atoms with Gasteiger partial charge in [0.2, 0.25) is 0 Å². The van der Waals surface area contributed by atoms with Crippen LogP contribution in [0.25, 0.3) is 0 Å². The topological polar surface area (TPSA) is 117 Å². The van der Waals surface area contributed by atoms with Crippen LogP contribution in [-0.4, -0.2) is 61.9 Å². The highest BCUT2D eigenvalue weighted by Crippen LogP contribution is 2.39. The minimum atomic E-state index is -4.03. The van der Waals surface area contributed by atoms with Gasteiger partial charge in [-0.25, -0.2) is 8.42 Å². The van der Waals surface area contributed by atoms with E-state index in [9.17, 15) is 18.0 Å². The first-order valence-electron chi connectivity index (χ1n) is 11.9. The van der Waals surface area contributed by atoms with E-state index in [0.717, 1.165) is 0 Å². The average Bonchev–Trinajstić information content (AvgIpc) is 3.15. The molecule has 0 radical (unpaired) electrons. The van der Waals surface area contributed by atoms with Crippen molar-refractivity contribution in [3.8, 4) is 5.75 Å². The van der Waals surface area contributed by atoms with Gasteiger partial charge in [0.15, 0.2) is 0 Å². The zero-order valence-corrected chi connectivity index (χ0v) is 22.6. The van der Waals surface area contributed by atoms with E-state index >= 15 is 0 Å². The van der Waals surface area contributed by atoms with Crippen LogP contribution in [0.5, 0.6) is 5.75 Å². The number of carbonyl (C=O) groups excluding carboxylic acids is 2. The molecule has 1 aromatic carbocycles. The van der Waals surface area contributed by atoms with E-state index in [4.69, 9.17) is 14.2 Å². The lowest BCUT2D eigenvalue weighted by atomic mass is 10.1. The molecule has 0 saturated heterocycles. The Morgan fingerprint density at radius 1 is 1.25 bits per heavy atom. The minimum Gasteiger partial charge on any atom is -0.486 e. The first-order chi connectivity index (χ1) is 16.8. The largest absolute Gasteiger partial charge is 0.486 e. The standard InChI is InChI=1S/C25H35N3O7S/c1-17(29)7-9-20-16-28(36(31,32)23-15-26-27(18(23)2)11-12-33-6)21-13-19(8-10-22(21)34-20)14-24(30)35-25(3,4)5/h8,10,13,15,20H,7,9,11-12,14,16H2,1-6H3/t20-/m0/s1. The summed E-state index contributed by atoms with van der Waals surface area (Å²) in [6.45, 7) is 9.39. The zero-order chi connectivity index (χ0) is 26.7. The van der Waals surface area contributed by atoms with E-state index in [0.29, 0.717) is 42.3 Å². The van der Waals surface area contributed by atoms with E-state index in [1.165, 1.54) is 17.4 Å². The first kappa shape index (κ1) is 27.7. The van der Waals surface area contributed by atoms with Gasteiger partial charge in [-0.15, -0.1) is 0 Å². The molecule has 1 aromatic heterocycles. The molecular formula is C25H35N3O7S. The molecule has 36 heavy (non-hydrogen) atoms. The normalized spacial score (nSPS) is 15.8. The van der Waals surface area contributed by atoms with Crippen molar-refractivity contribution in [1.82, 2.24) is 9.78 Å². The highest BCUT2D eigenvalue weighted by Gasteiger charge is 2.36. The molecule has 0 fully saturated rings. The fourth-order valence-electron chi connectivity index (χ4n) is 3.96. The van der Waals surface area contributed by atoms with Gasteiger partial charge in [0.25, 0.3) is 10.0 Å². The number of hydrogen-bond acceptors (Lipinski definition) is 8. The van der Waals surface area contributed by atoms with Gasteiger partial charge in [0.05, 0.1) is 43.7 Å². The summed E-state index contributed by atoms with van der Waals surface area (Å²) in [7, 11) is -2.46. The van der Waals surface area contributed by atoms with Crippen LogP contribution >= 0.6 is 0 Å². The molecule has 2 aromatic rings. The summed E-state index contributed by atoms with van der Waals surface area (Å²) < 4.78 is 47.2. The van der Waals surface area contributed by atoms with Gasteiger partial charge in [-0.1, -0.05) is 6.07 Å². The molecule has 0 spiro atoms. The summed E-state index contributed by atoms with van der Waals surface area (Å²) in [6.07, 6.45) is 1.48. The molecular weight excluding hydrogens is 486 g/mol. The Morgan fingerprint density at radius 2 is 1.97 bits per heavy atom. The number of rotatable bonds is 10. The van der Waals surface area contributed by atoms with Crippen molar-refractivity contribution >= 4 is 27.5 Å². The second-order valence-electron chi connectivity index (χ2n) is 9.89. The van der Waals surface area contributed by atoms with Crippen molar-refractivity contribution in [3.63, 3.8) is 0 Å². The number of anilines is 1. The van der Waals surface area contributed by atoms with Gasteiger partial charge in [-0.3, -0.25) is 13.8 Å². The van der Waals surface area contributed by atoms with Crippen molar-refractivity contribution in [1.29, 1.82) is 0 Å². The Hall–Kier alpha value is -2.92. The number of nitrogens with zero attached hydrogens (tertiary/aromatic N) is 3. The third kappa shape index (κ3) is 6.64. The molecule has 0 unspecified atom stereocenters. The van der Waals surface area contributed by atoms with E-state index in [-0.39, 0.29) is 30.1 Å². The number of fused-ring (bicyclic) bond motifs is 1. The predicted molar refractivity (Wildman–Crippen MR) is 134 cm³/mol. The lowest BCUT2D eigenvalue weighted by Crippen LogP contribution is -2.44. The number of aromatic nitrogens is 2. The maximum Gasteiger partial charge on any atom is 0.310 e. The summed E-state index contributed by atoms with van der Waals surface area (Å²) in [5.41, 5.74) is 0.791. The van der Waals surface area contributed by atoms with E-state index in [1.807, 2.05) is 0 Å². The van der Waals surface area contributed by atoms with Crippen molar-refractivity contribution in [2.24, 2.45) is 0 Å². The number of hydrogen-bond donors (Lipinski definition) is 0. The molecule has 1 aliphatic heterocycles. The van der Waals surface area contributed by atoms with Crippen molar-refractivity contribution in [3.05, 3.63) is 35.7 Å². The van der Waals surface area contributed by atoms with Crippen molar-refractivity contribution in [2.45, 2.75) is 77.0 Å². The van der Waals surface area contributed by atoms with Crippen LogP contribution in [0.15, 0.2) is 29.3 Å². The summed E-state index contributed by atoms with van der Waals surface area (Å²) in [5.74, 6) is -0.0410. The molecule has 10 nitrogen and oxygen atoms in total. The molecule has 0 bridgehead atoms. The molecule has 0 saturated carbocycles. The molecule has 1 aliphatic rings. The Kier molecular flexibility index (Phi) is 8.45. The fourth-order valence-corrected chi connectivity index (χ4v) is 5.62. The van der Waals surface area contributed by atoms with Gasteiger partial charge in [0, 0.05) is 13.5 Å². The highest BCUT2D eigenvalue weighted by molar-refractivity contribution is 7.92. The van der Waals surface area contributed by atoms with Crippen LogP contribution in [0, 0.1) is 6.92 Å². The first-order valence-corrected chi connectivity index (χ1v) is 13.3. The number of ketones is 1. The molecule has 0 aliphatic carbocycles. The number of sulfonamides is 1. The van der Waals surface area contributed by atoms with Crippen LogP contribution in [0.4, 0.5) is 5.69 Å². The van der Waals surface area contributed by atoms with Gasteiger partial charge in [-0.2, -0.15) is 5.10 Å². The SMILES string of the molecule is COCCn1ncc(S(=O)(=O)N2C[C@H](CCC(C)=O)Oc3ccc(CC(=O)OC(C)(C)C)cc32)c1C. The van der Waals surface area contributed by atoms with Crippen molar-refractivity contribution in [2.75, 3.05) is 24.6 Å². The Labute approximate surface area is 212 Å². The summed E-state index contributed by atoms with van der Waals surface area (Å²) in [5, 5.41) is 4.23. The van der Waals surface area contributed by atoms with Crippen LogP contribution in [0.2, 0.25) is 0 Å². The number of carbonyl (C=O) groups is 2. The Bertz CT molecular complexity index is 1210. The maximum absolute atomic E-state index is 13.9. The molecule has 0 amide bonds. The molecule has 2 heterocycles. The maximum atomic E-state index is 13.9. The van der Waals surface area contributed by atoms with Crippen LogP contribution in [-0.2, 0) is 42.1 Å². The predicted octanol–water partition coefficient (Wildman–Crippen LogP) is 3.05. The van der Waals surface area contributed by atoms with E-state index in [2.05, 4.69) is 5.10 Å². The average molecular weight is 522 g/mol. The summed E-state index contributed by atoms with van der Waals surface area (Å²) in [6, 6.07) is 5.02. The second-order valence-corrected chi connectivity index (χ2v) is 11.7. The quantitative estimate of drug-likeness (QED) is 0.438. The Morgan fingerprint density at radius 3 is 2.61 bits per heavy atom. The fraction of sp³-hybridized carbons (Fsp3) is 0.560. The van der Waals surface area contributed by atoms with Crippen LogP contribution in [0.3, 0.4) is 0 Å². The van der Waals surface area contributed by atoms with Gasteiger partial charge in [0.1, 0.15) is 28.1 Å². The molecule has 198 valence electrons. The lowest BCUT2D eigenvalue weighted by molar-refractivity contribution is -0.153. The summed E-state index contributed by atoms with van der Waals surface area (Å²) >= 11 is 0. The molecule has 11 heteroatoms. The van der Waals surface area contributed by atoms with E-state index in [1.54, 1.807) is 57.7 Å². The summed E-state index contributed by atoms with van der Waals surface area (Å²) in [4.78, 5) is 24.0. The van der Waals surface area contributed by atoms with Gasteiger partial charge >= 0.3 is 5.97 Å². The second kappa shape index (κ2) is 11.0. The van der Waals surface area contributed by atoms with Gasteiger partial charge in [-0.05, 0) is 58.7 Å². The van der Waals surface area contributed by atoms with Crippen molar-refractivity contribution < 1.29 is 32.2 Å². The molecule has 3 rings (SSSR count). The number of ether oxygens (including phenoxy) is 3. The molecule has 0 N–H and O–H groups in total.